The fourth-order valence-electron chi connectivity index (χ4n) is 11.6. The number of unbranched alkanes of at least 4 members (excludes halogenated alkanes) is 56. The molecule has 0 radical (unpaired) electrons. The Morgan fingerprint density at radius 2 is 0.588 bits per heavy atom. The van der Waals surface area contributed by atoms with Crippen molar-refractivity contribution in [3.8, 4) is 0 Å². The van der Waals surface area contributed by atoms with Crippen LogP contribution in [0.5, 0.6) is 0 Å². The Morgan fingerprint density at radius 3 is 0.887 bits per heavy atom. The van der Waals surface area contributed by atoms with Gasteiger partial charge >= 0.3 is 5.97 Å². The molecule has 0 fully saturated rings. The molecular weight excluding hydrogens is 983 g/mol. The SMILES string of the molecule is CCCCCCCCCCCCCCCCCCCC/C=C/C(O)C(CO)NC(=O)CCCCCCCCCCCC/C=C\CCCCCCCCCCCCCCOC(=O)CCCCCCCCCCCCCCCCCCC. The van der Waals surface area contributed by atoms with Crippen molar-refractivity contribution in [1.29, 1.82) is 0 Å². The first-order valence-electron chi connectivity index (χ1n) is 36.6. The first kappa shape index (κ1) is 78.3. The quantitative estimate of drug-likeness (QED) is 0.0320. The highest BCUT2D eigenvalue weighted by atomic mass is 16.5. The number of hydrogen-bond acceptors (Lipinski definition) is 5. The van der Waals surface area contributed by atoms with Gasteiger partial charge in [-0.25, -0.2) is 0 Å². The molecule has 6 nitrogen and oxygen atoms in total. The number of allylic oxidation sites excluding steroid dienone is 3. The monoisotopic (exact) mass is 1130 g/mol. The predicted molar refractivity (Wildman–Crippen MR) is 352 cm³/mol. The van der Waals surface area contributed by atoms with Gasteiger partial charge in [-0.2, -0.15) is 0 Å². The summed E-state index contributed by atoms with van der Waals surface area (Å²) in [5, 5.41) is 23.2. The third-order valence-corrected chi connectivity index (χ3v) is 17.2. The molecule has 0 aromatic heterocycles. The average molecular weight is 1130 g/mol. The van der Waals surface area contributed by atoms with Crippen molar-refractivity contribution < 1.29 is 24.5 Å². The van der Waals surface area contributed by atoms with Crippen LogP contribution < -0.4 is 5.32 Å². The number of ether oxygens (including phenoxy) is 1. The molecule has 0 aromatic carbocycles. The number of esters is 1. The van der Waals surface area contributed by atoms with Gasteiger partial charge in [0.25, 0.3) is 0 Å². The Hall–Kier alpha value is -1.66. The van der Waals surface area contributed by atoms with Crippen LogP contribution in [-0.4, -0.2) is 47.4 Å². The van der Waals surface area contributed by atoms with Gasteiger partial charge in [0.05, 0.1) is 25.4 Å². The molecule has 0 aliphatic carbocycles. The molecule has 2 unspecified atom stereocenters. The Morgan fingerprint density at radius 1 is 0.338 bits per heavy atom. The molecule has 0 aliphatic rings. The van der Waals surface area contributed by atoms with E-state index in [0.29, 0.717) is 19.4 Å². The van der Waals surface area contributed by atoms with Gasteiger partial charge < -0.3 is 20.3 Å². The minimum atomic E-state index is -0.846. The number of amides is 1. The van der Waals surface area contributed by atoms with E-state index in [9.17, 15) is 19.8 Å². The van der Waals surface area contributed by atoms with Gasteiger partial charge in [-0.15, -0.1) is 0 Å². The average Bonchev–Trinajstić information content (AvgIpc) is 3.46. The Kier molecular flexibility index (Phi) is 68.4. The number of nitrogens with one attached hydrogen (secondary N) is 1. The lowest BCUT2D eigenvalue weighted by Crippen LogP contribution is -2.45. The van der Waals surface area contributed by atoms with E-state index in [-0.39, 0.29) is 18.5 Å². The van der Waals surface area contributed by atoms with Crippen molar-refractivity contribution in [1.82, 2.24) is 5.32 Å². The smallest absolute Gasteiger partial charge is 0.305 e. The predicted octanol–water partition coefficient (Wildman–Crippen LogP) is 23.7. The summed E-state index contributed by atoms with van der Waals surface area (Å²) in [6.45, 7) is 4.95. The van der Waals surface area contributed by atoms with Crippen molar-refractivity contribution in [3.63, 3.8) is 0 Å². The van der Waals surface area contributed by atoms with Gasteiger partial charge in [0.2, 0.25) is 5.91 Å². The maximum atomic E-state index is 12.5. The van der Waals surface area contributed by atoms with Crippen molar-refractivity contribution >= 4 is 11.9 Å². The van der Waals surface area contributed by atoms with E-state index in [4.69, 9.17) is 4.74 Å². The fraction of sp³-hybridized carbons (Fsp3) is 0.919. The Balaban J connectivity index is 3.40. The summed E-state index contributed by atoms with van der Waals surface area (Å²) >= 11 is 0. The summed E-state index contributed by atoms with van der Waals surface area (Å²) in [7, 11) is 0. The second kappa shape index (κ2) is 69.8. The highest BCUT2D eigenvalue weighted by molar-refractivity contribution is 5.76. The van der Waals surface area contributed by atoms with Crippen molar-refractivity contribution in [2.75, 3.05) is 13.2 Å². The number of aliphatic hydroxyl groups is 2. The molecule has 0 saturated carbocycles. The van der Waals surface area contributed by atoms with Gasteiger partial charge in [0.1, 0.15) is 0 Å². The summed E-state index contributed by atoms with van der Waals surface area (Å²) in [4.78, 5) is 24.6. The summed E-state index contributed by atoms with van der Waals surface area (Å²) in [6, 6.07) is -0.630. The minimum absolute atomic E-state index is 0.0188. The summed E-state index contributed by atoms with van der Waals surface area (Å²) in [5.74, 6) is -0.0470. The number of aliphatic hydroxyl groups excluding tert-OH is 2. The lowest BCUT2D eigenvalue weighted by molar-refractivity contribution is -0.143. The fourth-order valence-corrected chi connectivity index (χ4v) is 11.6. The molecule has 0 saturated heterocycles. The molecule has 0 bridgehead atoms. The third-order valence-electron chi connectivity index (χ3n) is 17.2. The van der Waals surface area contributed by atoms with E-state index >= 15 is 0 Å². The summed E-state index contributed by atoms with van der Waals surface area (Å²) < 4.78 is 5.51. The second-order valence-electron chi connectivity index (χ2n) is 25.3. The number of hydrogen-bond donors (Lipinski definition) is 3. The molecule has 0 heterocycles. The maximum Gasteiger partial charge on any atom is 0.305 e. The number of rotatable bonds is 69. The molecule has 0 spiro atoms. The first-order chi connectivity index (χ1) is 39.5. The number of carbonyl (C=O) groups is 2. The first-order valence-corrected chi connectivity index (χ1v) is 36.6. The zero-order valence-corrected chi connectivity index (χ0v) is 54.3. The molecule has 474 valence electrons. The van der Waals surface area contributed by atoms with Crippen LogP contribution in [0, 0.1) is 0 Å². The number of carbonyl (C=O) groups excluding carboxylic acids is 2. The second-order valence-corrected chi connectivity index (χ2v) is 25.3. The van der Waals surface area contributed by atoms with Crippen molar-refractivity contribution in [2.45, 2.75) is 424 Å². The van der Waals surface area contributed by atoms with Crippen LogP contribution in [0.15, 0.2) is 24.3 Å². The van der Waals surface area contributed by atoms with Crippen LogP contribution in [0.4, 0.5) is 0 Å². The van der Waals surface area contributed by atoms with Crippen LogP contribution >= 0.6 is 0 Å². The molecule has 3 N–H and O–H groups in total. The van der Waals surface area contributed by atoms with Crippen molar-refractivity contribution in [3.05, 3.63) is 24.3 Å². The van der Waals surface area contributed by atoms with Gasteiger partial charge in [0.15, 0.2) is 0 Å². The van der Waals surface area contributed by atoms with E-state index < -0.39 is 12.1 Å². The van der Waals surface area contributed by atoms with E-state index in [1.807, 2.05) is 6.08 Å². The van der Waals surface area contributed by atoms with Gasteiger partial charge in [-0.3, -0.25) is 9.59 Å². The largest absolute Gasteiger partial charge is 0.466 e. The molecule has 80 heavy (non-hydrogen) atoms. The highest BCUT2D eigenvalue weighted by Crippen LogP contribution is 2.19. The van der Waals surface area contributed by atoms with E-state index in [2.05, 4.69) is 31.3 Å². The van der Waals surface area contributed by atoms with E-state index in [1.54, 1.807) is 6.08 Å². The maximum absolute atomic E-state index is 12.5. The summed E-state index contributed by atoms with van der Waals surface area (Å²) in [5.41, 5.74) is 0. The Labute approximate surface area is 501 Å². The summed E-state index contributed by atoms with van der Waals surface area (Å²) in [6.07, 6.45) is 88.4. The molecule has 6 heteroatoms. The molecular formula is C74H143NO5. The molecule has 0 aliphatic heterocycles. The normalized spacial score (nSPS) is 12.6. The topological polar surface area (TPSA) is 95.9 Å². The van der Waals surface area contributed by atoms with E-state index in [0.717, 1.165) is 38.5 Å². The van der Waals surface area contributed by atoms with Crippen LogP contribution in [0.2, 0.25) is 0 Å². The van der Waals surface area contributed by atoms with E-state index in [1.165, 1.54) is 347 Å². The zero-order chi connectivity index (χ0) is 57.8. The van der Waals surface area contributed by atoms with Gasteiger partial charge in [0, 0.05) is 12.8 Å². The standard InChI is InChI=1S/C74H143NO5/c1-3-5-7-9-11-13-15-17-19-21-22-31-35-38-42-46-50-54-58-62-66-72(77)71(70-76)75-73(78)67-63-59-55-51-47-43-39-36-32-29-27-25-23-24-26-28-30-33-37-41-45-49-53-57-61-65-69-80-74(79)68-64-60-56-52-48-44-40-34-20-18-16-14-12-10-8-6-4-2/h23,25,62,66,71-72,76-77H,3-22,24,26-61,63-65,67-70H2,1-2H3,(H,75,78)/b25-23-,66-62+. The van der Waals surface area contributed by atoms with Gasteiger partial charge in [-0.05, 0) is 57.8 Å². The van der Waals surface area contributed by atoms with Crippen LogP contribution in [0.1, 0.15) is 412 Å². The molecule has 0 rings (SSSR count). The Bertz CT molecular complexity index is 1250. The van der Waals surface area contributed by atoms with Crippen LogP contribution in [0.3, 0.4) is 0 Å². The lowest BCUT2D eigenvalue weighted by atomic mass is 10.0. The van der Waals surface area contributed by atoms with Gasteiger partial charge in [-0.1, -0.05) is 366 Å². The molecule has 0 aromatic rings. The third kappa shape index (κ3) is 65.5. The lowest BCUT2D eigenvalue weighted by Gasteiger charge is -2.20. The highest BCUT2D eigenvalue weighted by Gasteiger charge is 2.18. The van der Waals surface area contributed by atoms with Crippen molar-refractivity contribution in [2.24, 2.45) is 0 Å². The molecule has 1 amide bonds. The van der Waals surface area contributed by atoms with Crippen LogP contribution in [0.25, 0.3) is 0 Å². The van der Waals surface area contributed by atoms with Crippen LogP contribution in [-0.2, 0) is 14.3 Å². The zero-order valence-electron chi connectivity index (χ0n) is 54.3. The minimum Gasteiger partial charge on any atom is -0.466 e. The molecule has 2 atom stereocenters.